The third kappa shape index (κ3) is 7.48. The van der Waals surface area contributed by atoms with Crippen molar-refractivity contribution in [2.24, 2.45) is 22.2 Å². The van der Waals surface area contributed by atoms with E-state index in [9.17, 15) is 24.3 Å². The van der Waals surface area contributed by atoms with E-state index < -0.39 is 35.8 Å². The average Bonchev–Trinajstić information content (AvgIpc) is 3.11. The Hall–Kier alpha value is -2.89. The largest absolute Gasteiger partial charge is 0.480 e. The van der Waals surface area contributed by atoms with E-state index in [2.05, 4.69) is 15.6 Å². The summed E-state index contributed by atoms with van der Waals surface area (Å²) in [5.41, 5.74) is 15.6. The fourth-order valence-electron chi connectivity index (χ4n) is 2.71. The van der Waals surface area contributed by atoms with Gasteiger partial charge in [0.1, 0.15) is 12.1 Å². The molecule has 0 bridgehead atoms. The van der Waals surface area contributed by atoms with Gasteiger partial charge in [-0.15, -0.1) is 0 Å². The van der Waals surface area contributed by atoms with Gasteiger partial charge in [0.2, 0.25) is 17.7 Å². The molecule has 0 aromatic carbocycles. The molecule has 12 heteroatoms. The quantitative estimate of drug-likeness (QED) is 0.127. The first-order chi connectivity index (χ1) is 12.8. The average molecular weight is 385 g/mol. The van der Waals surface area contributed by atoms with E-state index in [0.717, 1.165) is 0 Å². The van der Waals surface area contributed by atoms with Gasteiger partial charge in [0.15, 0.2) is 5.96 Å². The highest BCUT2D eigenvalue weighted by atomic mass is 16.4. The van der Waals surface area contributed by atoms with Crippen LogP contribution in [-0.2, 0) is 19.2 Å². The zero-order chi connectivity index (χ0) is 20.4. The topological polar surface area (TPSA) is 206 Å². The molecule has 1 heterocycles. The second-order valence-electron chi connectivity index (χ2n) is 6.07. The molecule has 1 aliphatic heterocycles. The summed E-state index contributed by atoms with van der Waals surface area (Å²) in [6.07, 6.45) is 1.54. The fraction of sp³-hybridized carbons (Fsp3) is 0.667. The monoisotopic (exact) mass is 385 g/mol. The number of carbonyl (C=O) groups is 4. The number of rotatable bonds is 10. The number of carboxylic acids is 1. The number of nitrogens with two attached hydrogens (primary N) is 3. The number of hydrogen-bond donors (Lipinski definition) is 6. The lowest BCUT2D eigenvalue weighted by Gasteiger charge is -2.25. The van der Waals surface area contributed by atoms with Gasteiger partial charge in [0.05, 0.1) is 13.1 Å². The number of amides is 3. The molecule has 1 saturated heterocycles. The van der Waals surface area contributed by atoms with Crippen LogP contribution in [0.15, 0.2) is 4.99 Å². The van der Waals surface area contributed by atoms with Crippen molar-refractivity contribution in [1.82, 2.24) is 15.5 Å². The molecule has 3 amide bonds. The summed E-state index contributed by atoms with van der Waals surface area (Å²) < 4.78 is 0. The molecule has 0 spiro atoms. The number of carboxylic acid groups (broad SMARTS) is 1. The number of aliphatic imine (C=N–C) groups is 1. The number of carbonyl (C=O) groups excluding carboxylic acids is 3. The second kappa shape index (κ2) is 11.0. The Bertz CT molecular complexity index is 591. The van der Waals surface area contributed by atoms with Crippen molar-refractivity contribution in [1.29, 1.82) is 0 Å². The van der Waals surface area contributed by atoms with Crippen LogP contribution in [0.1, 0.15) is 25.7 Å². The van der Waals surface area contributed by atoms with Crippen molar-refractivity contribution in [3.63, 3.8) is 0 Å². The van der Waals surface area contributed by atoms with Crippen molar-refractivity contribution in [2.45, 2.75) is 37.8 Å². The number of nitrogens with one attached hydrogen (secondary N) is 2. The molecule has 0 unspecified atom stereocenters. The highest BCUT2D eigenvalue weighted by molar-refractivity contribution is 5.92. The van der Waals surface area contributed by atoms with Gasteiger partial charge in [-0.25, -0.2) is 4.79 Å². The summed E-state index contributed by atoms with van der Waals surface area (Å²) in [5.74, 6) is -2.71. The second-order valence-corrected chi connectivity index (χ2v) is 6.07. The molecule has 2 atom stereocenters. The molecular weight excluding hydrogens is 358 g/mol. The lowest BCUT2D eigenvalue weighted by molar-refractivity contribution is -0.144. The molecule has 0 aromatic heterocycles. The van der Waals surface area contributed by atoms with Crippen LogP contribution >= 0.6 is 0 Å². The van der Waals surface area contributed by atoms with E-state index in [1.54, 1.807) is 0 Å². The van der Waals surface area contributed by atoms with Crippen molar-refractivity contribution in [3.05, 3.63) is 0 Å². The maximum atomic E-state index is 12.5. The fourth-order valence-corrected chi connectivity index (χ4v) is 2.71. The Labute approximate surface area is 156 Å². The minimum Gasteiger partial charge on any atom is -0.480 e. The Kier molecular flexibility index (Phi) is 8.99. The summed E-state index contributed by atoms with van der Waals surface area (Å²) in [6, 6.07) is -1.88. The first-order valence-electron chi connectivity index (χ1n) is 8.61. The zero-order valence-corrected chi connectivity index (χ0v) is 15.0. The van der Waals surface area contributed by atoms with Crippen LogP contribution in [0.25, 0.3) is 0 Å². The summed E-state index contributed by atoms with van der Waals surface area (Å²) in [7, 11) is 0. The van der Waals surface area contributed by atoms with Gasteiger partial charge in [-0.05, 0) is 25.7 Å². The van der Waals surface area contributed by atoms with Crippen LogP contribution in [0.2, 0.25) is 0 Å². The Morgan fingerprint density at radius 3 is 2.56 bits per heavy atom. The van der Waals surface area contributed by atoms with Crippen molar-refractivity contribution >= 4 is 29.7 Å². The molecule has 152 valence electrons. The van der Waals surface area contributed by atoms with Crippen LogP contribution in [0.4, 0.5) is 0 Å². The minimum atomic E-state index is -1.18. The minimum absolute atomic E-state index is 0.0900. The predicted molar refractivity (Wildman–Crippen MR) is 96.3 cm³/mol. The van der Waals surface area contributed by atoms with Crippen LogP contribution in [-0.4, -0.2) is 77.9 Å². The van der Waals surface area contributed by atoms with Gasteiger partial charge in [-0.1, -0.05) is 0 Å². The summed E-state index contributed by atoms with van der Waals surface area (Å²) in [4.78, 5) is 52.3. The molecule has 1 rings (SSSR count). The maximum absolute atomic E-state index is 12.5. The Morgan fingerprint density at radius 2 is 1.96 bits per heavy atom. The Balaban J connectivity index is 2.60. The van der Waals surface area contributed by atoms with Crippen LogP contribution in [0.5, 0.6) is 0 Å². The molecule has 0 aliphatic carbocycles. The zero-order valence-electron chi connectivity index (χ0n) is 15.0. The number of aliphatic carboxylic acids is 1. The number of hydrogen-bond acceptors (Lipinski definition) is 6. The molecule has 0 aromatic rings. The number of nitrogens with zero attached hydrogens (tertiary/aromatic N) is 2. The van der Waals surface area contributed by atoms with E-state index in [0.29, 0.717) is 25.8 Å². The van der Waals surface area contributed by atoms with Crippen molar-refractivity contribution in [2.75, 3.05) is 26.2 Å². The first kappa shape index (κ1) is 22.2. The van der Waals surface area contributed by atoms with E-state index >= 15 is 0 Å². The number of guanidine groups is 1. The lowest BCUT2D eigenvalue weighted by Crippen LogP contribution is -2.52. The third-order valence-electron chi connectivity index (χ3n) is 4.06. The standard InChI is InChI=1S/C15H27N7O5/c16-7-11(23)20-8-12(24)22-6-2-4-10(22)13(25)21-9(14(26)27)3-1-5-19-15(17)18/h9-10H,1-8,16H2,(H,20,23)(H,21,25)(H,26,27)(H4,17,18,19)/t9-,10-/m0/s1. The normalized spacial score (nSPS) is 17.1. The molecule has 27 heavy (non-hydrogen) atoms. The van der Waals surface area contributed by atoms with Crippen LogP contribution < -0.4 is 27.8 Å². The predicted octanol–water partition coefficient (Wildman–Crippen LogP) is -3.32. The molecule has 9 N–H and O–H groups in total. The number of likely N-dealkylation sites (tertiary alicyclic amines) is 1. The van der Waals surface area contributed by atoms with E-state index in [1.165, 1.54) is 4.90 Å². The summed E-state index contributed by atoms with van der Waals surface area (Å²) in [5, 5.41) is 14.1. The smallest absolute Gasteiger partial charge is 0.326 e. The summed E-state index contributed by atoms with van der Waals surface area (Å²) >= 11 is 0. The van der Waals surface area contributed by atoms with E-state index in [-0.39, 0.29) is 32.0 Å². The van der Waals surface area contributed by atoms with Gasteiger partial charge in [-0.3, -0.25) is 19.4 Å². The molecule has 0 saturated carbocycles. The highest BCUT2D eigenvalue weighted by Crippen LogP contribution is 2.18. The van der Waals surface area contributed by atoms with Gasteiger partial charge < -0.3 is 37.8 Å². The van der Waals surface area contributed by atoms with Crippen LogP contribution in [0.3, 0.4) is 0 Å². The molecule has 1 aliphatic rings. The van der Waals surface area contributed by atoms with Gasteiger partial charge in [-0.2, -0.15) is 0 Å². The van der Waals surface area contributed by atoms with Gasteiger partial charge in [0, 0.05) is 13.1 Å². The van der Waals surface area contributed by atoms with Crippen molar-refractivity contribution in [3.8, 4) is 0 Å². The molecule has 0 radical (unpaired) electrons. The lowest BCUT2D eigenvalue weighted by atomic mass is 10.1. The van der Waals surface area contributed by atoms with E-state index in [4.69, 9.17) is 17.2 Å². The van der Waals surface area contributed by atoms with E-state index in [1.807, 2.05) is 0 Å². The third-order valence-corrected chi connectivity index (χ3v) is 4.06. The SMILES string of the molecule is NCC(=O)NCC(=O)N1CCC[C@H]1C(=O)N[C@@H](CCCN=C(N)N)C(=O)O. The molecule has 12 nitrogen and oxygen atoms in total. The van der Waals surface area contributed by atoms with Crippen molar-refractivity contribution < 1.29 is 24.3 Å². The highest BCUT2D eigenvalue weighted by Gasteiger charge is 2.35. The molecule has 1 fully saturated rings. The maximum Gasteiger partial charge on any atom is 0.326 e. The van der Waals surface area contributed by atoms with Gasteiger partial charge in [0.25, 0.3) is 0 Å². The van der Waals surface area contributed by atoms with Gasteiger partial charge >= 0.3 is 5.97 Å². The molecular formula is C15H27N7O5. The van der Waals surface area contributed by atoms with Crippen LogP contribution in [0, 0.1) is 0 Å². The first-order valence-corrected chi connectivity index (χ1v) is 8.61. The summed E-state index contributed by atoms with van der Waals surface area (Å²) in [6.45, 7) is 0.104. The Morgan fingerprint density at radius 1 is 1.26 bits per heavy atom.